The Kier molecular flexibility index (Phi) is 4.97. The van der Waals surface area contributed by atoms with Crippen LogP contribution in [0.3, 0.4) is 0 Å². The van der Waals surface area contributed by atoms with E-state index in [0.29, 0.717) is 12.2 Å². The molecule has 0 saturated carbocycles. The number of nitriles is 1. The average molecular weight is 328 g/mol. The maximum Gasteiger partial charge on any atom is 0.119 e. The van der Waals surface area contributed by atoms with Crippen LogP contribution in [-0.4, -0.2) is 6.61 Å². The first-order chi connectivity index (χ1) is 9.72. The van der Waals surface area contributed by atoms with Gasteiger partial charge in [-0.15, -0.1) is 0 Å². The molecule has 2 aromatic carbocycles. The Morgan fingerprint density at radius 3 is 2.35 bits per heavy atom. The fraction of sp³-hybridized carbons (Fsp3) is 0.118. The van der Waals surface area contributed by atoms with Crippen LogP contribution in [0.5, 0.6) is 5.75 Å². The van der Waals surface area contributed by atoms with Crippen LogP contribution >= 0.6 is 15.9 Å². The number of allylic oxidation sites excluding steroid dienone is 1. The second-order valence-corrected chi connectivity index (χ2v) is 5.09. The van der Waals surface area contributed by atoms with Gasteiger partial charge in [-0.2, -0.15) is 5.26 Å². The molecule has 0 saturated heterocycles. The number of hydrogen-bond acceptors (Lipinski definition) is 2. The Hall–Kier alpha value is -2.05. The van der Waals surface area contributed by atoms with Gasteiger partial charge >= 0.3 is 0 Å². The molecular formula is C17H14BrNO. The largest absolute Gasteiger partial charge is 0.494 e. The summed E-state index contributed by atoms with van der Waals surface area (Å²) in [5.74, 6) is 0.840. The van der Waals surface area contributed by atoms with Crippen molar-refractivity contribution in [3.8, 4) is 11.8 Å². The van der Waals surface area contributed by atoms with E-state index in [2.05, 4.69) is 22.0 Å². The summed E-state index contributed by atoms with van der Waals surface area (Å²) < 4.78 is 6.40. The summed E-state index contributed by atoms with van der Waals surface area (Å²) in [6.45, 7) is 2.60. The zero-order valence-corrected chi connectivity index (χ0v) is 12.7. The highest BCUT2D eigenvalue weighted by atomic mass is 79.9. The molecule has 0 aromatic heterocycles. The zero-order chi connectivity index (χ0) is 14.4. The van der Waals surface area contributed by atoms with Gasteiger partial charge in [-0.1, -0.05) is 40.2 Å². The van der Waals surface area contributed by atoms with Crippen molar-refractivity contribution in [2.24, 2.45) is 0 Å². The number of ether oxygens (including phenoxy) is 1. The van der Waals surface area contributed by atoms with E-state index < -0.39 is 0 Å². The third-order valence-electron chi connectivity index (χ3n) is 2.78. The van der Waals surface area contributed by atoms with E-state index in [0.717, 1.165) is 21.3 Å². The van der Waals surface area contributed by atoms with Crippen molar-refractivity contribution in [1.29, 1.82) is 5.26 Å². The van der Waals surface area contributed by atoms with Crippen LogP contribution in [0.25, 0.3) is 11.6 Å². The minimum absolute atomic E-state index is 0.640. The lowest BCUT2D eigenvalue weighted by Crippen LogP contribution is -1.90. The van der Waals surface area contributed by atoms with Gasteiger partial charge in [0.1, 0.15) is 5.75 Å². The van der Waals surface area contributed by atoms with Crippen molar-refractivity contribution in [2.45, 2.75) is 6.92 Å². The maximum atomic E-state index is 9.29. The second kappa shape index (κ2) is 6.93. The highest BCUT2D eigenvalue weighted by molar-refractivity contribution is 9.10. The van der Waals surface area contributed by atoms with E-state index in [1.54, 1.807) is 0 Å². The van der Waals surface area contributed by atoms with E-state index in [1.165, 1.54) is 0 Å². The van der Waals surface area contributed by atoms with Gasteiger partial charge in [0.2, 0.25) is 0 Å². The first-order valence-corrected chi connectivity index (χ1v) is 7.13. The highest BCUT2D eigenvalue weighted by Crippen LogP contribution is 2.21. The summed E-state index contributed by atoms with van der Waals surface area (Å²) in [4.78, 5) is 0. The van der Waals surface area contributed by atoms with E-state index in [1.807, 2.05) is 61.5 Å². The number of benzene rings is 2. The molecule has 100 valence electrons. The molecule has 0 radical (unpaired) electrons. The van der Waals surface area contributed by atoms with Gasteiger partial charge in [0.05, 0.1) is 18.2 Å². The van der Waals surface area contributed by atoms with Crippen molar-refractivity contribution < 1.29 is 4.74 Å². The lowest BCUT2D eigenvalue weighted by molar-refractivity contribution is 0.340. The van der Waals surface area contributed by atoms with Crippen LogP contribution in [0.1, 0.15) is 18.1 Å². The lowest BCUT2D eigenvalue weighted by Gasteiger charge is -2.03. The predicted molar refractivity (Wildman–Crippen MR) is 85.2 cm³/mol. The molecule has 3 heteroatoms. The number of rotatable bonds is 4. The first-order valence-electron chi connectivity index (χ1n) is 6.33. The maximum absolute atomic E-state index is 9.29. The summed E-state index contributed by atoms with van der Waals surface area (Å²) in [6, 6.07) is 17.7. The molecule has 0 aliphatic carbocycles. The second-order valence-electron chi connectivity index (χ2n) is 4.18. The molecule has 0 fully saturated rings. The van der Waals surface area contributed by atoms with Gasteiger partial charge in [-0.25, -0.2) is 0 Å². The Morgan fingerprint density at radius 1 is 1.15 bits per heavy atom. The van der Waals surface area contributed by atoms with E-state index in [-0.39, 0.29) is 0 Å². The van der Waals surface area contributed by atoms with Crippen LogP contribution in [0.4, 0.5) is 0 Å². The minimum atomic E-state index is 0.640. The molecule has 0 aliphatic rings. The quantitative estimate of drug-likeness (QED) is 0.590. The summed E-state index contributed by atoms with van der Waals surface area (Å²) in [5.41, 5.74) is 2.53. The van der Waals surface area contributed by atoms with Crippen LogP contribution in [-0.2, 0) is 0 Å². The average Bonchev–Trinajstić information content (AvgIpc) is 2.48. The fourth-order valence-corrected chi connectivity index (χ4v) is 2.07. The molecule has 2 nitrogen and oxygen atoms in total. The Morgan fingerprint density at radius 2 is 1.80 bits per heavy atom. The van der Waals surface area contributed by atoms with Crippen LogP contribution < -0.4 is 4.74 Å². The van der Waals surface area contributed by atoms with Crippen LogP contribution in [0, 0.1) is 11.3 Å². The Labute approximate surface area is 127 Å². The van der Waals surface area contributed by atoms with Gasteiger partial charge in [0.15, 0.2) is 0 Å². The Bertz CT molecular complexity index is 636. The molecule has 0 amide bonds. The predicted octanol–water partition coefficient (Wildman–Crippen LogP) is 4.91. The first kappa shape index (κ1) is 14.4. The molecule has 0 atom stereocenters. The van der Waals surface area contributed by atoms with Crippen molar-refractivity contribution >= 4 is 27.6 Å². The molecule has 0 N–H and O–H groups in total. The van der Waals surface area contributed by atoms with Crippen LogP contribution in [0.15, 0.2) is 53.0 Å². The third kappa shape index (κ3) is 3.72. The topological polar surface area (TPSA) is 33.0 Å². The van der Waals surface area contributed by atoms with E-state index >= 15 is 0 Å². The van der Waals surface area contributed by atoms with Crippen molar-refractivity contribution in [2.75, 3.05) is 6.61 Å². The molecule has 2 aromatic rings. The highest BCUT2D eigenvalue weighted by Gasteiger charge is 2.01. The minimum Gasteiger partial charge on any atom is -0.494 e. The standard InChI is InChI=1S/C17H14BrNO/c1-2-20-17-9-3-13(4-10-17)11-15(12-19)14-5-7-16(18)8-6-14/h3-11H,2H2,1H3/b15-11+. The van der Waals surface area contributed by atoms with Crippen LogP contribution in [0.2, 0.25) is 0 Å². The normalized spacial score (nSPS) is 10.9. The zero-order valence-electron chi connectivity index (χ0n) is 11.1. The fourth-order valence-electron chi connectivity index (χ4n) is 1.80. The van der Waals surface area contributed by atoms with Gasteiger partial charge in [0, 0.05) is 4.47 Å². The Balaban J connectivity index is 2.27. The summed E-state index contributed by atoms with van der Waals surface area (Å²) in [6.07, 6.45) is 1.87. The van der Waals surface area contributed by atoms with Crippen molar-refractivity contribution in [3.05, 3.63) is 64.1 Å². The van der Waals surface area contributed by atoms with E-state index in [9.17, 15) is 5.26 Å². The summed E-state index contributed by atoms with van der Waals surface area (Å²) in [5, 5.41) is 9.29. The van der Waals surface area contributed by atoms with Gasteiger partial charge in [-0.05, 0) is 48.4 Å². The van der Waals surface area contributed by atoms with Gasteiger partial charge in [0.25, 0.3) is 0 Å². The smallest absolute Gasteiger partial charge is 0.119 e. The van der Waals surface area contributed by atoms with Gasteiger partial charge in [-0.3, -0.25) is 0 Å². The molecule has 0 heterocycles. The molecule has 0 spiro atoms. The number of hydrogen-bond donors (Lipinski definition) is 0. The van der Waals surface area contributed by atoms with Gasteiger partial charge < -0.3 is 4.74 Å². The lowest BCUT2D eigenvalue weighted by atomic mass is 10.0. The molecular weight excluding hydrogens is 314 g/mol. The SMILES string of the molecule is CCOc1ccc(/C=C(\C#N)c2ccc(Br)cc2)cc1. The molecule has 0 bridgehead atoms. The van der Waals surface area contributed by atoms with E-state index in [4.69, 9.17) is 4.74 Å². The number of nitrogens with zero attached hydrogens (tertiary/aromatic N) is 1. The third-order valence-corrected chi connectivity index (χ3v) is 3.31. The van der Waals surface area contributed by atoms with Crippen molar-refractivity contribution in [3.63, 3.8) is 0 Å². The molecule has 20 heavy (non-hydrogen) atoms. The molecule has 0 unspecified atom stereocenters. The molecule has 2 rings (SSSR count). The molecule has 0 aliphatic heterocycles. The summed E-state index contributed by atoms with van der Waals surface area (Å²) in [7, 11) is 0. The monoisotopic (exact) mass is 327 g/mol. The van der Waals surface area contributed by atoms with Crippen molar-refractivity contribution in [1.82, 2.24) is 0 Å². The summed E-state index contributed by atoms with van der Waals surface area (Å²) >= 11 is 3.39. The number of halogens is 1.